The van der Waals surface area contributed by atoms with Gasteiger partial charge in [0.2, 0.25) is 15.9 Å². The van der Waals surface area contributed by atoms with Crippen molar-refractivity contribution < 1.29 is 17.9 Å². The highest BCUT2D eigenvalue weighted by atomic mass is 32.2. The van der Waals surface area contributed by atoms with Gasteiger partial charge in [0, 0.05) is 18.1 Å². The van der Waals surface area contributed by atoms with Gasteiger partial charge in [-0.15, -0.1) is 0 Å². The van der Waals surface area contributed by atoms with E-state index in [9.17, 15) is 13.2 Å². The van der Waals surface area contributed by atoms with Crippen molar-refractivity contribution in [2.75, 3.05) is 22.4 Å². The second kappa shape index (κ2) is 8.91. The van der Waals surface area contributed by atoms with Crippen LogP contribution in [0.15, 0.2) is 60.9 Å². The molecule has 156 valence electrons. The van der Waals surface area contributed by atoms with Crippen LogP contribution in [-0.2, 0) is 14.8 Å². The van der Waals surface area contributed by atoms with Gasteiger partial charge in [0.25, 0.3) is 0 Å². The molecule has 1 aromatic heterocycles. The van der Waals surface area contributed by atoms with E-state index in [0.29, 0.717) is 17.1 Å². The topological polar surface area (TPSA) is 101 Å². The van der Waals surface area contributed by atoms with Gasteiger partial charge in [0.05, 0.1) is 11.9 Å². The molecule has 0 saturated heterocycles. The van der Waals surface area contributed by atoms with E-state index in [1.807, 2.05) is 13.0 Å². The first kappa shape index (κ1) is 21.3. The zero-order valence-electron chi connectivity index (χ0n) is 16.9. The number of carbonyl (C=O) groups is 1. The fraction of sp³-hybridized carbons (Fsp3) is 0.190. The molecule has 0 aliphatic carbocycles. The first-order valence-electron chi connectivity index (χ1n) is 9.13. The smallest absolute Gasteiger partial charge is 0.321 e. The number of amides is 1. The second-order valence-corrected chi connectivity index (χ2v) is 8.62. The lowest BCUT2D eigenvalue weighted by molar-refractivity contribution is -0.114. The number of carbonyl (C=O) groups excluding carboxylic acids is 1. The number of aryl methyl sites for hydroxylation is 2. The van der Waals surface area contributed by atoms with Crippen molar-refractivity contribution in [3.63, 3.8) is 0 Å². The predicted molar refractivity (Wildman–Crippen MR) is 115 cm³/mol. The van der Waals surface area contributed by atoms with Gasteiger partial charge in [0.1, 0.15) is 12.3 Å². The molecule has 0 radical (unpaired) electrons. The SMILES string of the molecule is Cc1cc(Oc2ncccn2)ccc1NC(=O)CN(c1ccccc1C)S(C)(=O)=O. The van der Waals surface area contributed by atoms with Gasteiger partial charge in [-0.1, -0.05) is 18.2 Å². The molecule has 3 rings (SSSR count). The number of hydrogen-bond acceptors (Lipinski definition) is 6. The average Bonchev–Trinajstić information content (AvgIpc) is 2.69. The maximum absolute atomic E-state index is 12.6. The minimum atomic E-state index is -3.64. The monoisotopic (exact) mass is 426 g/mol. The molecule has 2 aromatic carbocycles. The molecular weight excluding hydrogens is 404 g/mol. The molecule has 1 amide bonds. The number of hydrogen-bond donors (Lipinski definition) is 1. The van der Waals surface area contributed by atoms with E-state index in [2.05, 4.69) is 15.3 Å². The Kier molecular flexibility index (Phi) is 6.31. The molecule has 0 spiro atoms. The first-order valence-corrected chi connectivity index (χ1v) is 11.0. The van der Waals surface area contributed by atoms with Crippen molar-refractivity contribution in [1.82, 2.24) is 9.97 Å². The molecule has 30 heavy (non-hydrogen) atoms. The Balaban J connectivity index is 1.74. The molecule has 1 heterocycles. The van der Waals surface area contributed by atoms with E-state index in [-0.39, 0.29) is 12.6 Å². The minimum Gasteiger partial charge on any atom is -0.424 e. The van der Waals surface area contributed by atoms with Gasteiger partial charge in [-0.3, -0.25) is 9.10 Å². The van der Waals surface area contributed by atoms with Crippen LogP contribution in [0.1, 0.15) is 11.1 Å². The van der Waals surface area contributed by atoms with Crippen molar-refractivity contribution in [2.45, 2.75) is 13.8 Å². The quantitative estimate of drug-likeness (QED) is 0.622. The van der Waals surface area contributed by atoms with Crippen LogP contribution in [-0.4, -0.2) is 37.1 Å². The summed E-state index contributed by atoms with van der Waals surface area (Å²) in [6, 6.07) is 14.0. The van der Waals surface area contributed by atoms with E-state index in [4.69, 9.17) is 4.74 Å². The molecule has 9 heteroatoms. The minimum absolute atomic E-state index is 0.218. The second-order valence-electron chi connectivity index (χ2n) is 6.71. The van der Waals surface area contributed by atoms with E-state index in [1.165, 1.54) is 0 Å². The fourth-order valence-electron chi connectivity index (χ4n) is 2.83. The highest BCUT2D eigenvalue weighted by molar-refractivity contribution is 7.92. The molecule has 0 saturated carbocycles. The number of sulfonamides is 1. The van der Waals surface area contributed by atoms with Crippen molar-refractivity contribution in [2.24, 2.45) is 0 Å². The first-order chi connectivity index (χ1) is 14.2. The summed E-state index contributed by atoms with van der Waals surface area (Å²) in [5.74, 6) is 0.0706. The van der Waals surface area contributed by atoms with Crippen LogP contribution in [0.5, 0.6) is 11.8 Å². The van der Waals surface area contributed by atoms with Crippen molar-refractivity contribution in [1.29, 1.82) is 0 Å². The third-order valence-electron chi connectivity index (χ3n) is 4.29. The number of aromatic nitrogens is 2. The van der Waals surface area contributed by atoms with Crippen LogP contribution in [0.25, 0.3) is 0 Å². The molecule has 0 unspecified atom stereocenters. The Morgan fingerprint density at radius 1 is 1.03 bits per heavy atom. The zero-order valence-corrected chi connectivity index (χ0v) is 17.7. The zero-order chi connectivity index (χ0) is 21.7. The van der Waals surface area contributed by atoms with Crippen molar-refractivity contribution in [3.8, 4) is 11.8 Å². The van der Waals surface area contributed by atoms with Crippen LogP contribution >= 0.6 is 0 Å². The Hall–Kier alpha value is -3.46. The third kappa shape index (κ3) is 5.32. The van der Waals surface area contributed by atoms with Gasteiger partial charge in [-0.05, 0) is 55.3 Å². The number of nitrogens with one attached hydrogen (secondary N) is 1. The Morgan fingerprint density at radius 3 is 2.37 bits per heavy atom. The molecule has 0 aliphatic rings. The maximum Gasteiger partial charge on any atom is 0.321 e. The van der Waals surface area contributed by atoms with Crippen molar-refractivity contribution in [3.05, 3.63) is 72.1 Å². The van der Waals surface area contributed by atoms with Crippen LogP contribution in [0.2, 0.25) is 0 Å². The lowest BCUT2D eigenvalue weighted by atomic mass is 10.2. The summed E-state index contributed by atoms with van der Waals surface area (Å²) in [4.78, 5) is 20.6. The number of rotatable bonds is 7. The summed E-state index contributed by atoms with van der Waals surface area (Å²) in [6.07, 6.45) is 4.23. The molecule has 3 aromatic rings. The number of para-hydroxylation sites is 1. The lowest BCUT2D eigenvalue weighted by Gasteiger charge is -2.23. The molecule has 0 bridgehead atoms. The largest absolute Gasteiger partial charge is 0.424 e. The molecule has 1 N–H and O–H groups in total. The number of ether oxygens (including phenoxy) is 1. The molecule has 0 fully saturated rings. The van der Waals surface area contributed by atoms with E-state index in [0.717, 1.165) is 21.7 Å². The van der Waals surface area contributed by atoms with Crippen LogP contribution in [0.3, 0.4) is 0 Å². The van der Waals surface area contributed by atoms with E-state index >= 15 is 0 Å². The van der Waals surface area contributed by atoms with Gasteiger partial charge < -0.3 is 10.1 Å². The highest BCUT2D eigenvalue weighted by Gasteiger charge is 2.22. The summed E-state index contributed by atoms with van der Waals surface area (Å²) >= 11 is 0. The van der Waals surface area contributed by atoms with Crippen LogP contribution < -0.4 is 14.4 Å². The van der Waals surface area contributed by atoms with Crippen LogP contribution in [0, 0.1) is 13.8 Å². The molecular formula is C21H22N4O4S. The maximum atomic E-state index is 12.6. The van der Waals surface area contributed by atoms with Gasteiger partial charge in [-0.2, -0.15) is 0 Å². The summed E-state index contributed by atoms with van der Waals surface area (Å²) in [5.41, 5.74) is 2.54. The summed E-state index contributed by atoms with van der Waals surface area (Å²) < 4.78 is 31.2. The van der Waals surface area contributed by atoms with Gasteiger partial charge in [0.15, 0.2) is 0 Å². The Morgan fingerprint density at radius 2 is 1.73 bits per heavy atom. The number of anilines is 2. The Labute approximate surface area is 175 Å². The van der Waals surface area contributed by atoms with Crippen LogP contribution in [0.4, 0.5) is 11.4 Å². The lowest BCUT2D eigenvalue weighted by Crippen LogP contribution is -2.37. The Bertz CT molecular complexity index is 1150. The predicted octanol–water partition coefficient (Wildman–Crippen LogP) is 3.29. The van der Waals surface area contributed by atoms with Gasteiger partial charge >= 0.3 is 6.01 Å². The molecule has 0 aliphatic heterocycles. The third-order valence-corrected chi connectivity index (χ3v) is 5.42. The van der Waals surface area contributed by atoms with Crippen molar-refractivity contribution >= 4 is 27.3 Å². The summed E-state index contributed by atoms with van der Waals surface area (Å²) in [5, 5.41) is 2.76. The van der Waals surface area contributed by atoms with Gasteiger partial charge in [-0.25, -0.2) is 18.4 Å². The molecule has 0 atom stereocenters. The highest BCUT2D eigenvalue weighted by Crippen LogP contribution is 2.25. The summed E-state index contributed by atoms with van der Waals surface area (Å²) in [6.45, 7) is 3.27. The summed E-state index contributed by atoms with van der Waals surface area (Å²) in [7, 11) is -3.64. The average molecular weight is 426 g/mol. The number of nitrogens with zero attached hydrogens (tertiary/aromatic N) is 3. The molecule has 8 nitrogen and oxygen atoms in total. The standard InChI is InChI=1S/C21H22N4O4S/c1-15-7-4-5-8-19(15)25(30(3,27)28)14-20(26)24-18-10-9-17(13-16(18)2)29-21-22-11-6-12-23-21/h4-13H,14H2,1-3H3,(H,24,26). The fourth-order valence-corrected chi connectivity index (χ4v) is 3.74. The van der Waals surface area contributed by atoms with E-state index in [1.54, 1.807) is 61.8 Å². The number of benzene rings is 2. The van der Waals surface area contributed by atoms with E-state index < -0.39 is 15.9 Å². The normalized spacial score (nSPS) is 11.0.